The molecule has 0 saturated heterocycles. The van der Waals surface area contributed by atoms with Crippen molar-refractivity contribution < 1.29 is 24.2 Å². The van der Waals surface area contributed by atoms with Crippen molar-refractivity contribution >= 4 is 17.8 Å². The number of aliphatic carboxylic acids is 1. The van der Waals surface area contributed by atoms with Crippen molar-refractivity contribution in [3.8, 4) is 5.75 Å². The third-order valence-corrected chi connectivity index (χ3v) is 3.41. The molecule has 1 aromatic rings. The number of nitrogens with one attached hydrogen (secondary N) is 2. The molecule has 7 nitrogen and oxygen atoms in total. The third-order valence-electron chi connectivity index (χ3n) is 3.41. The highest BCUT2D eigenvalue weighted by Gasteiger charge is 2.07. The van der Waals surface area contributed by atoms with E-state index in [-0.39, 0.29) is 31.2 Å². The van der Waals surface area contributed by atoms with Crippen molar-refractivity contribution in [3.63, 3.8) is 0 Å². The second-order valence-electron chi connectivity index (χ2n) is 5.58. The summed E-state index contributed by atoms with van der Waals surface area (Å²) in [5.74, 6) is -0.627. The first kappa shape index (κ1) is 20.5. The van der Waals surface area contributed by atoms with E-state index in [2.05, 4.69) is 17.6 Å². The van der Waals surface area contributed by atoms with Crippen molar-refractivity contribution in [1.29, 1.82) is 0 Å². The number of carboxylic acids is 1. The van der Waals surface area contributed by atoms with E-state index in [9.17, 15) is 14.4 Å². The van der Waals surface area contributed by atoms with Gasteiger partial charge in [0.2, 0.25) is 5.91 Å². The minimum absolute atomic E-state index is 0.0230. The Balaban J connectivity index is 2.23. The molecule has 0 bridgehead atoms. The summed E-state index contributed by atoms with van der Waals surface area (Å²) >= 11 is 0. The van der Waals surface area contributed by atoms with E-state index in [1.165, 1.54) is 0 Å². The van der Waals surface area contributed by atoms with Crippen LogP contribution in [0.3, 0.4) is 0 Å². The zero-order valence-corrected chi connectivity index (χ0v) is 14.5. The first-order valence-corrected chi connectivity index (χ1v) is 8.52. The topological polar surface area (TPSA) is 105 Å². The Morgan fingerprint density at radius 3 is 2.36 bits per heavy atom. The largest absolute Gasteiger partial charge is 0.494 e. The van der Waals surface area contributed by atoms with E-state index in [0.717, 1.165) is 18.6 Å². The van der Waals surface area contributed by atoms with Crippen molar-refractivity contribution in [2.45, 2.75) is 39.0 Å². The Morgan fingerprint density at radius 2 is 1.72 bits per heavy atom. The minimum atomic E-state index is -0.886. The van der Waals surface area contributed by atoms with E-state index in [0.29, 0.717) is 25.1 Å². The first-order valence-electron chi connectivity index (χ1n) is 8.52. The highest BCUT2D eigenvalue weighted by molar-refractivity contribution is 5.94. The monoisotopic (exact) mass is 350 g/mol. The van der Waals surface area contributed by atoms with E-state index in [1.807, 2.05) is 0 Å². The van der Waals surface area contributed by atoms with E-state index >= 15 is 0 Å². The zero-order chi connectivity index (χ0) is 18.5. The van der Waals surface area contributed by atoms with Gasteiger partial charge in [0, 0.05) is 31.5 Å². The Morgan fingerprint density at radius 1 is 1.00 bits per heavy atom. The third kappa shape index (κ3) is 9.34. The fourth-order valence-electron chi connectivity index (χ4n) is 1.98. The molecular formula is C18H26N2O5. The van der Waals surface area contributed by atoms with Crippen molar-refractivity contribution in [3.05, 3.63) is 29.8 Å². The Bertz CT molecular complexity index is 557. The minimum Gasteiger partial charge on any atom is -0.494 e. The molecule has 138 valence electrons. The first-order chi connectivity index (χ1) is 12.0. The molecule has 0 aliphatic carbocycles. The highest BCUT2D eigenvalue weighted by atomic mass is 16.5. The molecule has 0 fully saturated rings. The van der Waals surface area contributed by atoms with Gasteiger partial charge in [-0.25, -0.2) is 0 Å². The van der Waals surface area contributed by atoms with Crippen molar-refractivity contribution in [2.75, 3.05) is 19.7 Å². The van der Waals surface area contributed by atoms with Crippen molar-refractivity contribution in [2.24, 2.45) is 0 Å². The number of carboxylic acid groups (broad SMARTS) is 1. The SMILES string of the molecule is CCCCOc1ccc(C(=O)NCCC(=O)NCCCC(=O)O)cc1. The summed E-state index contributed by atoms with van der Waals surface area (Å²) < 4.78 is 5.53. The number of unbranched alkanes of at least 4 members (excludes halogenated alkanes) is 1. The van der Waals surface area contributed by atoms with Crippen LogP contribution in [0.25, 0.3) is 0 Å². The molecule has 0 spiro atoms. The van der Waals surface area contributed by atoms with Gasteiger partial charge in [-0.3, -0.25) is 14.4 Å². The van der Waals surface area contributed by atoms with Crippen LogP contribution in [0.2, 0.25) is 0 Å². The van der Waals surface area contributed by atoms with Gasteiger partial charge in [-0.05, 0) is 37.1 Å². The maximum atomic E-state index is 12.0. The summed E-state index contributed by atoms with van der Waals surface area (Å²) in [5, 5.41) is 13.8. The summed E-state index contributed by atoms with van der Waals surface area (Å²) in [4.78, 5) is 33.9. The molecule has 0 unspecified atom stereocenters. The van der Waals surface area contributed by atoms with Gasteiger partial charge in [-0.2, -0.15) is 0 Å². The molecule has 3 N–H and O–H groups in total. The average molecular weight is 350 g/mol. The van der Waals surface area contributed by atoms with Crippen LogP contribution in [0.5, 0.6) is 5.75 Å². The molecule has 0 radical (unpaired) electrons. The Labute approximate surface area is 147 Å². The number of hydrogen-bond acceptors (Lipinski definition) is 4. The van der Waals surface area contributed by atoms with E-state index in [1.54, 1.807) is 24.3 Å². The molecule has 1 aromatic carbocycles. The lowest BCUT2D eigenvalue weighted by Gasteiger charge is -2.08. The van der Waals surface area contributed by atoms with Crippen LogP contribution in [0.15, 0.2) is 24.3 Å². The van der Waals surface area contributed by atoms with Crippen LogP contribution in [0.1, 0.15) is 49.4 Å². The maximum Gasteiger partial charge on any atom is 0.303 e. The van der Waals surface area contributed by atoms with Crippen LogP contribution in [-0.2, 0) is 9.59 Å². The molecule has 0 aliphatic rings. The number of hydrogen-bond donors (Lipinski definition) is 3. The fraction of sp³-hybridized carbons (Fsp3) is 0.500. The van der Waals surface area contributed by atoms with Gasteiger partial charge in [-0.15, -0.1) is 0 Å². The van der Waals surface area contributed by atoms with Crippen LogP contribution >= 0.6 is 0 Å². The van der Waals surface area contributed by atoms with Crippen LogP contribution in [0.4, 0.5) is 0 Å². The van der Waals surface area contributed by atoms with Gasteiger partial charge < -0.3 is 20.5 Å². The van der Waals surface area contributed by atoms with Crippen LogP contribution in [-0.4, -0.2) is 42.6 Å². The number of rotatable bonds is 12. The number of ether oxygens (including phenoxy) is 1. The second-order valence-corrected chi connectivity index (χ2v) is 5.58. The van der Waals surface area contributed by atoms with Gasteiger partial charge in [0.25, 0.3) is 5.91 Å². The van der Waals surface area contributed by atoms with Crippen LogP contribution in [0, 0.1) is 0 Å². The predicted molar refractivity (Wildman–Crippen MR) is 93.7 cm³/mol. The molecule has 2 amide bonds. The molecule has 1 rings (SSSR count). The van der Waals surface area contributed by atoms with Crippen LogP contribution < -0.4 is 15.4 Å². The summed E-state index contributed by atoms with van der Waals surface area (Å²) in [6.45, 7) is 3.29. The molecule has 0 atom stereocenters. The van der Waals surface area contributed by atoms with Gasteiger partial charge in [-0.1, -0.05) is 13.3 Å². The Hall–Kier alpha value is -2.57. The molecule has 25 heavy (non-hydrogen) atoms. The normalized spacial score (nSPS) is 10.1. The van der Waals surface area contributed by atoms with Crippen molar-refractivity contribution in [1.82, 2.24) is 10.6 Å². The number of benzene rings is 1. The molecule has 0 aromatic heterocycles. The smallest absolute Gasteiger partial charge is 0.303 e. The van der Waals surface area contributed by atoms with Gasteiger partial charge in [0.1, 0.15) is 5.75 Å². The summed E-state index contributed by atoms with van der Waals surface area (Å²) in [6, 6.07) is 6.87. The summed E-state index contributed by atoms with van der Waals surface area (Å²) in [7, 11) is 0. The molecule has 7 heteroatoms. The zero-order valence-electron chi connectivity index (χ0n) is 14.5. The maximum absolute atomic E-state index is 12.0. The predicted octanol–water partition coefficient (Wildman–Crippen LogP) is 1.97. The van der Waals surface area contributed by atoms with Gasteiger partial charge >= 0.3 is 5.97 Å². The van der Waals surface area contributed by atoms with E-state index in [4.69, 9.17) is 9.84 Å². The molecule has 0 saturated carbocycles. The summed E-state index contributed by atoms with van der Waals surface area (Å²) in [5.41, 5.74) is 0.504. The average Bonchev–Trinajstić information content (AvgIpc) is 2.59. The van der Waals surface area contributed by atoms with Gasteiger partial charge in [0.05, 0.1) is 6.61 Å². The standard InChI is InChI=1S/C18H26N2O5/c1-2-3-13-25-15-8-6-14(7-9-15)18(24)20-12-10-16(21)19-11-4-5-17(22)23/h6-9H,2-5,10-13H2,1H3,(H,19,21)(H,20,24)(H,22,23). The molecule has 0 heterocycles. The highest BCUT2D eigenvalue weighted by Crippen LogP contribution is 2.12. The lowest BCUT2D eigenvalue weighted by atomic mass is 10.2. The van der Waals surface area contributed by atoms with Gasteiger partial charge in [0.15, 0.2) is 0 Å². The number of carbonyl (C=O) groups excluding carboxylic acids is 2. The molecular weight excluding hydrogens is 324 g/mol. The van der Waals surface area contributed by atoms with E-state index < -0.39 is 5.97 Å². The number of carbonyl (C=O) groups is 3. The second kappa shape index (κ2) is 11.9. The summed E-state index contributed by atoms with van der Waals surface area (Å²) in [6.07, 6.45) is 2.61. The lowest BCUT2D eigenvalue weighted by molar-refractivity contribution is -0.137. The lowest BCUT2D eigenvalue weighted by Crippen LogP contribution is -2.31. The number of amides is 2. The Kier molecular flexibility index (Phi) is 9.74. The molecule has 0 aliphatic heterocycles. The quantitative estimate of drug-likeness (QED) is 0.500. The fourth-order valence-corrected chi connectivity index (χ4v) is 1.98.